The van der Waals surface area contributed by atoms with Crippen molar-refractivity contribution in [1.29, 1.82) is 0 Å². The minimum atomic E-state index is -0.0212. The highest BCUT2D eigenvalue weighted by Crippen LogP contribution is 2.20. The monoisotopic (exact) mass is 326 g/mol. The van der Waals surface area contributed by atoms with E-state index in [1.807, 2.05) is 30.9 Å². The summed E-state index contributed by atoms with van der Waals surface area (Å²) in [5.74, 6) is -0.0412. The summed E-state index contributed by atoms with van der Waals surface area (Å²) in [7, 11) is 0. The fraction of sp³-hybridized carbons (Fsp3) is 0.389. The molecule has 1 aromatic carbocycles. The third kappa shape index (κ3) is 3.32. The number of hydrogen-bond acceptors (Lipinski definition) is 3. The summed E-state index contributed by atoms with van der Waals surface area (Å²) in [5.41, 5.74) is 3.30. The predicted molar refractivity (Wildman–Crippen MR) is 91.7 cm³/mol. The number of nitrogens with one attached hydrogen (secondary N) is 1. The van der Waals surface area contributed by atoms with Crippen LogP contribution in [0.3, 0.4) is 0 Å². The molecule has 1 aromatic heterocycles. The second kappa shape index (κ2) is 6.86. The summed E-state index contributed by atoms with van der Waals surface area (Å²) >= 11 is 0. The van der Waals surface area contributed by atoms with Gasteiger partial charge in [0.25, 0.3) is 5.91 Å². The van der Waals surface area contributed by atoms with Gasteiger partial charge in [-0.15, -0.1) is 0 Å². The van der Waals surface area contributed by atoms with Gasteiger partial charge in [0, 0.05) is 37.0 Å². The van der Waals surface area contributed by atoms with Crippen LogP contribution in [0.15, 0.2) is 30.7 Å². The minimum absolute atomic E-state index is 0.0200. The van der Waals surface area contributed by atoms with Gasteiger partial charge in [-0.1, -0.05) is 13.0 Å². The molecule has 2 amide bonds. The smallest absolute Gasteiger partial charge is 0.254 e. The van der Waals surface area contributed by atoms with Crippen LogP contribution in [0, 0.1) is 6.92 Å². The summed E-state index contributed by atoms with van der Waals surface area (Å²) < 4.78 is 2.06. The van der Waals surface area contributed by atoms with Crippen molar-refractivity contribution in [2.45, 2.75) is 39.8 Å². The van der Waals surface area contributed by atoms with Crippen molar-refractivity contribution in [2.75, 3.05) is 11.9 Å². The molecule has 6 heteroatoms. The first-order valence-electron chi connectivity index (χ1n) is 8.27. The van der Waals surface area contributed by atoms with Gasteiger partial charge in [0.05, 0.1) is 18.6 Å². The Hall–Kier alpha value is -2.63. The van der Waals surface area contributed by atoms with Crippen molar-refractivity contribution in [2.24, 2.45) is 0 Å². The van der Waals surface area contributed by atoms with Gasteiger partial charge in [0.2, 0.25) is 5.91 Å². The highest BCUT2D eigenvalue weighted by atomic mass is 16.2. The highest BCUT2D eigenvalue weighted by molar-refractivity contribution is 5.97. The van der Waals surface area contributed by atoms with Gasteiger partial charge in [-0.05, 0) is 31.0 Å². The molecule has 0 bridgehead atoms. The Bertz CT molecular complexity index is 766. The number of hydrogen-bond donors (Lipinski definition) is 1. The van der Waals surface area contributed by atoms with E-state index in [0.29, 0.717) is 30.8 Å². The lowest BCUT2D eigenvalue weighted by molar-refractivity contribution is -0.116. The molecular formula is C18H22N4O2. The van der Waals surface area contributed by atoms with Crippen molar-refractivity contribution >= 4 is 17.5 Å². The molecule has 0 radical (unpaired) electrons. The number of amides is 2. The van der Waals surface area contributed by atoms with Gasteiger partial charge in [-0.3, -0.25) is 9.59 Å². The van der Waals surface area contributed by atoms with Crippen LogP contribution >= 0.6 is 0 Å². The fourth-order valence-corrected chi connectivity index (χ4v) is 2.87. The normalized spacial score (nSPS) is 13.5. The Labute approximate surface area is 141 Å². The van der Waals surface area contributed by atoms with E-state index in [0.717, 1.165) is 24.2 Å². The maximum atomic E-state index is 12.8. The van der Waals surface area contributed by atoms with Crippen LogP contribution in [0.25, 0.3) is 0 Å². The maximum absolute atomic E-state index is 12.8. The van der Waals surface area contributed by atoms with E-state index in [9.17, 15) is 9.59 Å². The molecule has 2 aromatic rings. The number of imidazole rings is 1. The SMILES string of the molecule is CCCC(=O)Nc1cc(C(=O)N2CCn3cncc3C2)ccc1C. The van der Waals surface area contributed by atoms with Crippen LogP contribution in [-0.2, 0) is 17.9 Å². The molecule has 24 heavy (non-hydrogen) atoms. The standard InChI is InChI=1S/C18H22N4O2/c1-3-4-17(23)20-16-9-14(6-5-13(16)2)18(24)21-7-8-22-12-19-10-15(22)11-21/h5-6,9-10,12H,3-4,7-8,11H2,1-2H3,(H,20,23). The van der Waals surface area contributed by atoms with Crippen molar-refractivity contribution < 1.29 is 9.59 Å². The zero-order chi connectivity index (χ0) is 17.1. The fourth-order valence-electron chi connectivity index (χ4n) is 2.87. The van der Waals surface area contributed by atoms with E-state index >= 15 is 0 Å². The Morgan fingerprint density at radius 2 is 2.12 bits per heavy atom. The largest absolute Gasteiger partial charge is 0.331 e. The lowest BCUT2D eigenvalue weighted by Crippen LogP contribution is -2.37. The van der Waals surface area contributed by atoms with Crippen LogP contribution in [-0.4, -0.2) is 32.8 Å². The van der Waals surface area contributed by atoms with Crippen molar-refractivity contribution in [1.82, 2.24) is 14.5 Å². The number of carbonyl (C=O) groups is 2. The van der Waals surface area contributed by atoms with E-state index < -0.39 is 0 Å². The number of nitrogens with zero attached hydrogens (tertiary/aromatic N) is 3. The van der Waals surface area contributed by atoms with Gasteiger partial charge < -0.3 is 14.8 Å². The number of benzene rings is 1. The molecule has 0 atom stereocenters. The van der Waals surface area contributed by atoms with Gasteiger partial charge in [0.1, 0.15) is 0 Å². The first-order valence-corrected chi connectivity index (χ1v) is 8.27. The number of aryl methyl sites for hydroxylation is 1. The number of carbonyl (C=O) groups excluding carboxylic acids is 2. The number of aromatic nitrogens is 2. The van der Waals surface area contributed by atoms with E-state index in [1.165, 1.54) is 0 Å². The van der Waals surface area contributed by atoms with Gasteiger partial charge in [-0.25, -0.2) is 4.98 Å². The molecule has 0 fully saturated rings. The number of rotatable bonds is 4. The quantitative estimate of drug-likeness (QED) is 0.939. The van der Waals surface area contributed by atoms with Gasteiger partial charge in [-0.2, -0.15) is 0 Å². The summed E-state index contributed by atoms with van der Waals surface area (Å²) in [6.45, 7) is 5.87. The Balaban J connectivity index is 1.77. The van der Waals surface area contributed by atoms with Crippen molar-refractivity contribution in [3.05, 3.63) is 47.5 Å². The highest BCUT2D eigenvalue weighted by Gasteiger charge is 2.22. The maximum Gasteiger partial charge on any atom is 0.254 e. The van der Waals surface area contributed by atoms with E-state index in [-0.39, 0.29) is 11.8 Å². The van der Waals surface area contributed by atoms with Crippen molar-refractivity contribution in [3.63, 3.8) is 0 Å². The van der Waals surface area contributed by atoms with E-state index in [1.54, 1.807) is 18.6 Å². The second-order valence-electron chi connectivity index (χ2n) is 6.13. The van der Waals surface area contributed by atoms with Crippen LogP contribution in [0.4, 0.5) is 5.69 Å². The molecule has 0 saturated carbocycles. The van der Waals surface area contributed by atoms with Gasteiger partial charge in [0.15, 0.2) is 0 Å². The third-order valence-corrected chi connectivity index (χ3v) is 4.29. The molecule has 2 heterocycles. The topological polar surface area (TPSA) is 67.2 Å². The predicted octanol–water partition coefficient (Wildman–Crippen LogP) is 2.59. The van der Waals surface area contributed by atoms with Crippen LogP contribution < -0.4 is 5.32 Å². The molecule has 126 valence electrons. The molecule has 0 unspecified atom stereocenters. The minimum Gasteiger partial charge on any atom is -0.331 e. The van der Waals surface area contributed by atoms with Crippen LogP contribution in [0.1, 0.15) is 41.4 Å². The first kappa shape index (κ1) is 16.2. The van der Waals surface area contributed by atoms with Gasteiger partial charge >= 0.3 is 0 Å². The number of anilines is 1. The molecular weight excluding hydrogens is 304 g/mol. The zero-order valence-electron chi connectivity index (χ0n) is 14.1. The van der Waals surface area contributed by atoms with Crippen LogP contribution in [0.2, 0.25) is 0 Å². The summed E-state index contributed by atoms with van der Waals surface area (Å²) in [5, 5.41) is 2.90. The second-order valence-corrected chi connectivity index (χ2v) is 6.13. The summed E-state index contributed by atoms with van der Waals surface area (Å²) in [4.78, 5) is 30.6. The average Bonchev–Trinajstić information content (AvgIpc) is 3.04. The summed E-state index contributed by atoms with van der Waals surface area (Å²) in [6.07, 6.45) is 4.87. The lowest BCUT2D eigenvalue weighted by atomic mass is 10.1. The third-order valence-electron chi connectivity index (χ3n) is 4.29. The van der Waals surface area contributed by atoms with Crippen LogP contribution in [0.5, 0.6) is 0 Å². The summed E-state index contributed by atoms with van der Waals surface area (Å²) in [6, 6.07) is 5.47. The Kier molecular flexibility index (Phi) is 4.64. The van der Waals surface area contributed by atoms with E-state index in [4.69, 9.17) is 0 Å². The molecule has 0 spiro atoms. The van der Waals surface area contributed by atoms with Crippen molar-refractivity contribution in [3.8, 4) is 0 Å². The molecule has 1 aliphatic rings. The molecule has 3 rings (SSSR count). The molecule has 0 saturated heterocycles. The first-order chi connectivity index (χ1) is 11.6. The Morgan fingerprint density at radius 1 is 1.29 bits per heavy atom. The number of fused-ring (bicyclic) bond motifs is 1. The van der Waals surface area contributed by atoms with E-state index in [2.05, 4.69) is 14.9 Å². The lowest BCUT2D eigenvalue weighted by Gasteiger charge is -2.28. The zero-order valence-corrected chi connectivity index (χ0v) is 14.1. The Morgan fingerprint density at radius 3 is 2.92 bits per heavy atom. The molecule has 1 aliphatic heterocycles. The average molecular weight is 326 g/mol. The molecule has 1 N–H and O–H groups in total. The molecule has 6 nitrogen and oxygen atoms in total. The molecule has 0 aliphatic carbocycles.